The van der Waals surface area contributed by atoms with Gasteiger partial charge in [-0.25, -0.2) is 0 Å². The minimum atomic E-state index is -0.815. The fraction of sp³-hybridized carbons (Fsp3) is 0.519. The highest BCUT2D eigenvalue weighted by Crippen LogP contribution is 2.14. The Morgan fingerprint density at radius 2 is 0.476 bits per heavy atom. The second-order valence-electron chi connectivity index (χ2n) is 21.1. The highest BCUT2D eigenvalue weighted by molar-refractivity contribution is 5.70. The van der Waals surface area contributed by atoms with Gasteiger partial charge in [0.05, 0.1) is 6.61 Å². The number of unbranched alkanes of at least 4 members (excludes halogenated alkanes) is 14. The molecule has 0 aliphatic carbocycles. The molecule has 84 heavy (non-hydrogen) atoms. The zero-order chi connectivity index (χ0) is 60.5. The average molecular weight is 1150 g/mol. The normalized spacial score (nSPS) is 13.7. The Morgan fingerprint density at radius 1 is 0.274 bits per heavy atom. The van der Waals surface area contributed by atoms with Crippen LogP contribution in [-0.2, 0) is 19.1 Å². The van der Waals surface area contributed by atoms with Crippen molar-refractivity contribution in [3.63, 3.8) is 0 Å². The summed E-state index contributed by atoms with van der Waals surface area (Å²) in [5.74, 6) is -0.659. The topological polar surface area (TPSA) is 72.8 Å². The van der Waals surface area contributed by atoms with Crippen molar-refractivity contribution in [1.82, 2.24) is 0 Å². The van der Waals surface area contributed by atoms with Crippen molar-refractivity contribution in [2.24, 2.45) is 0 Å². The zero-order valence-corrected chi connectivity index (χ0v) is 53.3. The molecule has 1 unspecified atom stereocenters. The van der Waals surface area contributed by atoms with Crippen LogP contribution in [0.3, 0.4) is 0 Å². The van der Waals surface area contributed by atoms with Crippen LogP contribution in [0.2, 0.25) is 0 Å². The van der Waals surface area contributed by atoms with Gasteiger partial charge in [0, 0.05) is 12.8 Å². The molecule has 0 rings (SSSR count). The smallest absolute Gasteiger partial charge is 0.306 e. The van der Waals surface area contributed by atoms with Crippen LogP contribution in [-0.4, -0.2) is 36.4 Å². The molecule has 0 radical (unpaired) electrons. The highest BCUT2D eigenvalue weighted by Gasteiger charge is 2.16. The average Bonchev–Trinajstić information content (AvgIpc) is 3.51. The molecule has 466 valence electrons. The van der Waals surface area contributed by atoms with Gasteiger partial charge >= 0.3 is 11.9 Å². The maximum absolute atomic E-state index is 12.3. The van der Waals surface area contributed by atoms with E-state index in [1.54, 1.807) is 0 Å². The number of hydrogen-bond donors (Lipinski definition) is 1. The minimum absolute atomic E-state index is 0.0991. The molecule has 0 saturated carbocycles. The summed E-state index contributed by atoms with van der Waals surface area (Å²) in [6.45, 7) is 3.86. The number of hydrogen-bond acceptors (Lipinski definition) is 5. The lowest BCUT2D eigenvalue weighted by molar-refractivity contribution is -0.161. The molecule has 0 aliphatic rings. The largest absolute Gasteiger partial charge is 0.462 e. The molecule has 1 atom stereocenters. The molecule has 0 aromatic carbocycles. The molecule has 5 nitrogen and oxygen atoms in total. The first-order chi connectivity index (χ1) is 41.6. The summed E-state index contributed by atoms with van der Waals surface area (Å²) >= 11 is 0. The van der Waals surface area contributed by atoms with Gasteiger partial charge in [-0.2, -0.15) is 0 Å². The molecule has 1 N–H and O–H groups in total. The van der Waals surface area contributed by atoms with Crippen LogP contribution in [0.25, 0.3) is 0 Å². The van der Waals surface area contributed by atoms with Gasteiger partial charge in [-0.15, -0.1) is 0 Å². The van der Waals surface area contributed by atoms with Crippen molar-refractivity contribution in [1.29, 1.82) is 0 Å². The lowest BCUT2D eigenvalue weighted by Crippen LogP contribution is -2.28. The van der Waals surface area contributed by atoms with E-state index in [2.05, 4.69) is 233 Å². The highest BCUT2D eigenvalue weighted by atomic mass is 16.6. The van der Waals surface area contributed by atoms with E-state index in [-0.39, 0.29) is 31.6 Å². The summed E-state index contributed by atoms with van der Waals surface area (Å²) < 4.78 is 10.7. The van der Waals surface area contributed by atoms with Gasteiger partial charge in [0.15, 0.2) is 6.10 Å². The van der Waals surface area contributed by atoms with E-state index in [1.165, 1.54) is 64.2 Å². The summed E-state index contributed by atoms with van der Waals surface area (Å²) in [6, 6.07) is 0. The first kappa shape index (κ1) is 78.2. The summed E-state index contributed by atoms with van der Waals surface area (Å²) in [6.07, 6.45) is 116. The SMILES string of the molecule is CC/C=C\C/C=C\C/C=C\C/C=C\C/C=C\C/C=C\C/C=C\C/C=C\C/C=C\C/C=C\CCCCC(=O)OC(CO)COC(=O)CCCCCCCCCCCCCC/C=C\C/C=C\C/C=C\C/C=C\C/C=C\C/C=C\C/C=C\C/C=C\CC. The number of aliphatic hydroxyl groups is 1. The Balaban J connectivity index is 3.66. The molecule has 0 aromatic heterocycles. The van der Waals surface area contributed by atoms with Crippen LogP contribution in [0.15, 0.2) is 219 Å². The van der Waals surface area contributed by atoms with E-state index >= 15 is 0 Å². The van der Waals surface area contributed by atoms with Crippen LogP contribution in [0.4, 0.5) is 0 Å². The maximum Gasteiger partial charge on any atom is 0.306 e. The maximum atomic E-state index is 12.3. The van der Waals surface area contributed by atoms with Crippen LogP contribution >= 0.6 is 0 Å². The standard InChI is InChI=1S/C79H120O5/c1-3-5-7-9-11-13-15-17-19-21-23-25-27-29-31-33-35-37-38-39-40-42-43-45-47-49-51-53-55-57-59-61-63-65-67-69-71-73-78(81)83-76-77(75-80)84-79(82)74-72-70-68-66-64-62-60-58-56-54-52-50-48-46-44-41-36-34-32-30-28-26-24-22-20-18-16-14-12-10-8-6-4-2/h5-8,11-14,17-20,23-26,29-32,35-37,39-41,43,45-46,48,52,54,58,60,64,66,77,80H,3-4,9-10,15-16,21-22,27-28,33-34,38,42,44,47,49-51,53,55-57,59,61-63,65,67-76H2,1-2H3/b7-5-,8-6-,13-11-,14-12-,19-17-,20-18-,25-23-,26-24-,31-29-,32-30-,37-35-,40-39-,41-36-,45-43-,48-46-,54-52-,60-58-,66-64-. The summed E-state index contributed by atoms with van der Waals surface area (Å²) in [7, 11) is 0. The number of carbonyl (C=O) groups excluding carboxylic acids is 2. The second-order valence-corrected chi connectivity index (χ2v) is 21.1. The third-order valence-corrected chi connectivity index (χ3v) is 13.3. The third-order valence-electron chi connectivity index (χ3n) is 13.3. The van der Waals surface area contributed by atoms with E-state index in [4.69, 9.17) is 9.47 Å². The quantitative estimate of drug-likeness (QED) is 0.0373. The first-order valence-corrected chi connectivity index (χ1v) is 33.3. The fourth-order valence-corrected chi connectivity index (χ4v) is 8.36. The van der Waals surface area contributed by atoms with E-state index < -0.39 is 6.10 Å². The third kappa shape index (κ3) is 68.7. The van der Waals surface area contributed by atoms with Gasteiger partial charge in [0.25, 0.3) is 0 Å². The number of allylic oxidation sites excluding steroid dienone is 36. The van der Waals surface area contributed by atoms with Crippen LogP contribution in [0, 0.1) is 0 Å². The Hall–Kier alpha value is -5.78. The summed E-state index contributed by atoms with van der Waals surface area (Å²) in [4.78, 5) is 24.6. The van der Waals surface area contributed by atoms with E-state index in [0.29, 0.717) is 12.8 Å². The lowest BCUT2D eigenvalue weighted by Gasteiger charge is -2.15. The number of aliphatic hydroxyl groups excluding tert-OH is 1. The van der Waals surface area contributed by atoms with Crippen molar-refractivity contribution >= 4 is 11.9 Å². The van der Waals surface area contributed by atoms with Crippen molar-refractivity contribution in [3.8, 4) is 0 Å². The predicted octanol–water partition coefficient (Wildman–Crippen LogP) is 23.5. The number of rotatable bonds is 58. The molecule has 5 heteroatoms. The van der Waals surface area contributed by atoms with Crippen molar-refractivity contribution in [2.45, 2.75) is 251 Å². The van der Waals surface area contributed by atoms with Gasteiger partial charge in [-0.3, -0.25) is 9.59 Å². The predicted molar refractivity (Wildman–Crippen MR) is 370 cm³/mol. The van der Waals surface area contributed by atoms with E-state index in [9.17, 15) is 14.7 Å². The molecule has 0 heterocycles. The minimum Gasteiger partial charge on any atom is -0.462 e. The first-order valence-electron chi connectivity index (χ1n) is 33.3. The van der Waals surface area contributed by atoms with Gasteiger partial charge in [-0.1, -0.05) is 297 Å². The summed E-state index contributed by atoms with van der Waals surface area (Å²) in [5, 5.41) is 9.69. The fourth-order valence-electron chi connectivity index (χ4n) is 8.36. The van der Waals surface area contributed by atoms with Gasteiger partial charge in [0.2, 0.25) is 0 Å². The van der Waals surface area contributed by atoms with Gasteiger partial charge < -0.3 is 14.6 Å². The zero-order valence-electron chi connectivity index (χ0n) is 53.3. The van der Waals surface area contributed by atoms with Gasteiger partial charge in [-0.05, 0) is 154 Å². The molecule has 0 saturated heterocycles. The van der Waals surface area contributed by atoms with Crippen molar-refractivity contribution in [3.05, 3.63) is 219 Å². The molecular weight excluding hydrogens is 1030 g/mol. The molecule has 0 aromatic rings. The Kier molecular flexibility index (Phi) is 66.6. The van der Waals surface area contributed by atoms with E-state index in [0.717, 1.165) is 148 Å². The molecule has 0 amide bonds. The Bertz CT molecular complexity index is 2030. The van der Waals surface area contributed by atoms with Crippen molar-refractivity contribution < 1.29 is 24.2 Å². The van der Waals surface area contributed by atoms with Crippen LogP contribution in [0.5, 0.6) is 0 Å². The van der Waals surface area contributed by atoms with Crippen LogP contribution in [0.1, 0.15) is 245 Å². The summed E-state index contributed by atoms with van der Waals surface area (Å²) in [5.41, 5.74) is 0. The molecule has 0 spiro atoms. The lowest BCUT2D eigenvalue weighted by atomic mass is 10.0. The number of carbonyl (C=O) groups is 2. The van der Waals surface area contributed by atoms with E-state index in [1.807, 2.05) is 0 Å². The van der Waals surface area contributed by atoms with Gasteiger partial charge in [0.1, 0.15) is 6.61 Å². The second kappa shape index (κ2) is 71.5. The molecular formula is C79H120O5. The Morgan fingerprint density at radius 3 is 0.738 bits per heavy atom. The molecule has 0 fully saturated rings. The Labute approximate surface area is 516 Å². The monoisotopic (exact) mass is 1150 g/mol. The number of ether oxygens (including phenoxy) is 2. The molecule has 0 bridgehead atoms. The van der Waals surface area contributed by atoms with Crippen molar-refractivity contribution in [2.75, 3.05) is 13.2 Å². The number of esters is 2. The van der Waals surface area contributed by atoms with Crippen LogP contribution < -0.4 is 0 Å². The molecule has 0 aliphatic heterocycles.